The summed E-state index contributed by atoms with van der Waals surface area (Å²) >= 11 is 0. The zero-order chi connectivity index (χ0) is 7.68. The Kier molecular flexibility index (Phi) is 1.28. The Morgan fingerprint density at radius 1 is 1.27 bits per heavy atom. The smallest absolute Gasteiger partial charge is 0.233 e. The minimum Gasteiger partial charge on any atom is -0.454 e. The molecule has 0 aliphatic carbocycles. The monoisotopic (exact) mass is 149 g/mol. The van der Waals surface area contributed by atoms with Crippen LogP contribution in [0.15, 0.2) is 18.2 Å². The standard InChI is InChI=1S/C8H5O3/c9-4-6-1-2-7-8(3-6)11-5-10-7/h1-3H,5H2. The normalized spacial score (nSPS) is 13.1. The van der Waals surface area contributed by atoms with Crippen LogP contribution in [0.4, 0.5) is 0 Å². The number of carbonyl (C=O) groups excluding carboxylic acids is 1. The summed E-state index contributed by atoms with van der Waals surface area (Å²) in [5.74, 6) is 1.30. The van der Waals surface area contributed by atoms with Gasteiger partial charge < -0.3 is 9.47 Å². The van der Waals surface area contributed by atoms with Crippen LogP contribution in [-0.4, -0.2) is 13.1 Å². The molecule has 0 bridgehead atoms. The Morgan fingerprint density at radius 3 is 2.91 bits per heavy atom. The van der Waals surface area contributed by atoms with E-state index in [2.05, 4.69) is 0 Å². The third-order valence-corrected chi connectivity index (χ3v) is 1.49. The molecule has 0 saturated carbocycles. The van der Waals surface area contributed by atoms with Crippen molar-refractivity contribution < 1.29 is 14.3 Å². The first kappa shape index (κ1) is 6.22. The van der Waals surface area contributed by atoms with Gasteiger partial charge in [0.05, 0.1) is 0 Å². The quantitative estimate of drug-likeness (QED) is 0.594. The van der Waals surface area contributed by atoms with Crippen LogP contribution < -0.4 is 9.47 Å². The lowest BCUT2D eigenvalue weighted by molar-refractivity contribution is 0.174. The van der Waals surface area contributed by atoms with E-state index in [1.807, 2.05) is 0 Å². The molecule has 0 amide bonds. The van der Waals surface area contributed by atoms with Gasteiger partial charge in [-0.25, -0.2) is 0 Å². The maximum absolute atomic E-state index is 10.2. The van der Waals surface area contributed by atoms with Crippen LogP contribution in [0.3, 0.4) is 0 Å². The Balaban J connectivity index is 2.48. The lowest BCUT2D eigenvalue weighted by Gasteiger charge is -1.93. The second-order valence-corrected chi connectivity index (χ2v) is 2.17. The van der Waals surface area contributed by atoms with E-state index in [0.717, 1.165) is 0 Å². The van der Waals surface area contributed by atoms with Crippen LogP contribution >= 0.6 is 0 Å². The van der Waals surface area contributed by atoms with Crippen LogP contribution in [0.5, 0.6) is 11.5 Å². The number of hydrogen-bond donors (Lipinski definition) is 0. The van der Waals surface area contributed by atoms with Crippen molar-refractivity contribution in [3.8, 4) is 11.5 Å². The maximum Gasteiger partial charge on any atom is 0.233 e. The zero-order valence-electron chi connectivity index (χ0n) is 5.66. The van der Waals surface area contributed by atoms with E-state index < -0.39 is 0 Å². The lowest BCUT2D eigenvalue weighted by atomic mass is 10.2. The molecule has 1 aromatic carbocycles. The van der Waals surface area contributed by atoms with Crippen molar-refractivity contribution in [2.45, 2.75) is 0 Å². The van der Waals surface area contributed by atoms with Crippen molar-refractivity contribution in [3.63, 3.8) is 0 Å². The molecular formula is C8H5O3. The summed E-state index contributed by atoms with van der Waals surface area (Å²) in [6.07, 6.45) is 1.77. The molecular weight excluding hydrogens is 144 g/mol. The van der Waals surface area contributed by atoms with E-state index in [9.17, 15) is 4.79 Å². The van der Waals surface area contributed by atoms with Crippen molar-refractivity contribution >= 4 is 6.29 Å². The molecule has 1 aromatic rings. The van der Waals surface area contributed by atoms with Gasteiger partial charge in [-0.3, -0.25) is 4.79 Å². The highest BCUT2D eigenvalue weighted by Gasteiger charge is 2.12. The molecule has 1 heterocycles. The van der Waals surface area contributed by atoms with Gasteiger partial charge in [0.1, 0.15) is 0 Å². The van der Waals surface area contributed by atoms with Crippen molar-refractivity contribution in [1.82, 2.24) is 0 Å². The second kappa shape index (κ2) is 2.27. The molecule has 2 rings (SSSR count). The molecule has 55 valence electrons. The van der Waals surface area contributed by atoms with Crippen LogP contribution in [0.2, 0.25) is 0 Å². The largest absolute Gasteiger partial charge is 0.454 e. The fourth-order valence-electron chi connectivity index (χ4n) is 0.960. The predicted molar refractivity (Wildman–Crippen MR) is 37.4 cm³/mol. The average molecular weight is 149 g/mol. The zero-order valence-corrected chi connectivity index (χ0v) is 5.66. The minimum atomic E-state index is 0.234. The lowest BCUT2D eigenvalue weighted by Crippen LogP contribution is -1.92. The van der Waals surface area contributed by atoms with Gasteiger partial charge in [0.25, 0.3) is 0 Å². The van der Waals surface area contributed by atoms with Gasteiger partial charge in [-0.15, -0.1) is 0 Å². The van der Waals surface area contributed by atoms with E-state index in [0.29, 0.717) is 17.1 Å². The highest BCUT2D eigenvalue weighted by molar-refractivity contribution is 5.76. The number of rotatable bonds is 1. The predicted octanol–water partition coefficient (Wildman–Crippen LogP) is 0.873. The molecule has 0 aromatic heterocycles. The molecule has 0 unspecified atom stereocenters. The van der Waals surface area contributed by atoms with Gasteiger partial charge in [0, 0.05) is 5.56 Å². The van der Waals surface area contributed by atoms with E-state index in [1.165, 1.54) is 0 Å². The van der Waals surface area contributed by atoms with E-state index in [4.69, 9.17) is 9.47 Å². The molecule has 11 heavy (non-hydrogen) atoms. The number of hydrogen-bond acceptors (Lipinski definition) is 3. The Morgan fingerprint density at radius 2 is 2.09 bits per heavy atom. The number of fused-ring (bicyclic) bond motifs is 1. The summed E-state index contributed by atoms with van der Waals surface area (Å²) in [7, 11) is 0. The van der Waals surface area contributed by atoms with Crippen LogP contribution in [-0.2, 0) is 4.79 Å². The van der Waals surface area contributed by atoms with E-state index in [-0.39, 0.29) is 6.79 Å². The fourth-order valence-corrected chi connectivity index (χ4v) is 0.960. The molecule has 1 aliphatic rings. The molecule has 1 radical (unpaired) electrons. The van der Waals surface area contributed by atoms with Crippen molar-refractivity contribution in [3.05, 3.63) is 23.8 Å². The Labute approximate surface area is 63.5 Å². The van der Waals surface area contributed by atoms with Crippen molar-refractivity contribution in [2.75, 3.05) is 6.79 Å². The van der Waals surface area contributed by atoms with Gasteiger partial charge >= 0.3 is 0 Å². The first-order chi connectivity index (χ1) is 5.40. The summed E-state index contributed by atoms with van der Waals surface area (Å²) in [5, 5.41) is 0. The minimum absolute atomic E-state index is 0.234. The van der Waals surface area contributed by atoms with Crippen molar-refractivity contribution in [2.24, 2.45) is 0 Å². The van der Waals surface area contributed by atoms with E-state index in [1.54, 1.807) is 24.5 Å². The van der Waals surface area contributed by atoms with Crippen LogP contribution in [0.1, 0.15) is 5.56 Å². The molecule has 1 aliphatic heterocycles. The van der Waals surface area contributed by atoms with Gasteiger partial charge in [0.15, 0.2) is 11.5 Å². The average Bonchev–Trinajstić information content (AvgIpc) is 2.50. The van der Waals surface area contributed by atoms with Gasteiger partial charge in [-0.05, 0) is 18.2 Å². The molecule has 0 spiro atoms. The topological polar surface area (TPSA) is 35.5 Å². The van der Waals surface area contributed by atoms with Gasteiger partial charge in [-0.1, -0.05) is 0 Å². The number of ether oxygens (including phenoxy) is 2. The summed E-state index contributed by atoms with van der Waals surface area (Å²) in [6.45, 7) is 0.234. The summed E-state index contributed by atoms with van der Waals surface area (Å²) in [6, 6.07) is 4.94. The summed E-state index contributed by atoms with van der Waals surface area (Å²) < 4.78 is 10.1. The first-order valence-electron chi connectivity index (χ1n) is 3.18. The summed E-state index contributed by atoms with van der Waals surface area (Å²) in [4.78, 5) is 10.2. The third-order valence-electron chi connectivity index (χ3n) is 1.49. The van der Waals surface area contributed by atoms with Gasteiger partial charge in [0.2, 0.25) is 13.1 Å². The van der Waals surface area contributed by atoms with E-state index >= 15 is 0 Å². The fraction of sp³-hybridized carbons (Fsp3) is 0.125. The summed E-state index contributed by atoms with van der Waals surface area (Å²) in [5.41, 5.74) is 0.481. The third kappa shape index (κ3) is 0.941. The second-order valence-electron chi connectivity index (χ2n) is 2.17. The van der Waals surface area contributed by atoms with Crippen LogP contribution in [0, 0.1) is 0 Å². The van der Waals surface area contributed by atoms with Gasteiger partial charge in [-0.2, -0.15) is 0 Å². The SMILES string of the molecule is O=[C]c1ccc2c(c1)OCO2. The van der Waals surface area contributed by atoms with Crippen molar-refractivity contribution in [1.29, 1.82) is 0 Å². The highest BCUT2D eigenvalue weighted by Crippen LogP contribution is 2.31. The molecule has 0 atom stereocenters. The van der Waals surface area contributed by atoms with Crippen LogP contribution in [0.25, 0.3) is 0 Å². The number of benzene rings is 1. The molecule has 3 heteroatoms. The molecule has 0 saturated heterocycles. The molecule has 3 nitrogen and oxygen atoms in total. The maximum atomic E-state index is 10.2. The highest BCUT2D eigenvalue weighted by atomic mass is 16.7. The first-order valence-corrected chi connectivity index (χ1v) is 3.18. The molecule has 0 fully saturated rings. The molecule has 0 N–H and O–H groups in total. The Bertz CT molecular complexity index is 293. The Hall–Kier alpha value is -1.51.